The maximum Gasteiger partial charge on any atom is 0.182 e. The van der Waals surface area contributed by atoms with E-state index in [1.54, 1.807) is 18.3 Å². The first-order valence-electron chi connectivity index (χ1n) is 6.29. The molecular formula is C14H20N2O. The van der Waals surface area contributed by atoms with Gasteiger partial charge in [-0.3, -0.25) is 0 Å². The number of nitriles is 1. The summed E-state index contributed by atoms with van der Waals surface area (Å²) in [6, 6.07) is 5.64. The number of rotatable bonds is 7. The second kappa shape index (κ2) is 7.67. The molecule has 0 aliphatic carbocycles. The Labute approximate surface area is 103 Å². The summed E-state index contributed by atoms with van der Waals surface area (Å²) < 4.78 is 5.69. The van der Waals surface area contributed by atoms with Crippen LogP contribution in [-0.4, -0.2) is 11.6 Å². The van der Waals surface area contributed by atoms with Crippen LogP contribution in [0.1, 0.15) is 45.2 Å². The summed E-state index contributed by atoms with van der Waals surface area (Å²) >= 11 is 0. The highest BCUT2D eigenvalue weighted by Gasteiger charge is 2.09. The summed E-state index contributed by atoms with van der Waals surface area (Å²) in [6.07, 6.45) is 6.37. The summed E-state index contributed by atoms with van der Waals surface area (Å²) in [7, 11) is 0. The van der Waals surface area contributed by atoms with E-state index in [2.05, 4.69) is 18.8 Å². The van der Waals surface area contributed by atoms with Crippen molar-refractivity contribution in [2.45, 2.75) is 39.5 Å². The first kappa shape index (κ1) is 13.5. The summed E-state index contributed by atoms with van der Waals surface area (Å²) in [4.78, 5) is 3.98. The predicted molar refractivity (Wildman–Crippen MR) is 67.8 cm³/mol. The Morgan fingerprint density at radius 3 is 2.94 bits per heavy atom. The largest absolute Gasteiger partial charge is 0.490 e. The zero-order chi connectivity index (χ0) is 12.5. The SMILES string of the molecule is CCCCC(CC)COc1cccnc1C#N. The molecule has 0 spiro atoms. The molecule has 1 atom stereocenters. The molecule has 0 saturated carbocycles. The molecule has 0 aromatic carbocycles. The number of nitrogens with zero attached hydrogens (tertiary/aromatic N) is 2. The van der Waals surface area contributed by atoms with Crippen molar-refractivity contribution < 1.29 is 4.74 Å². The van der Waals surface area contributed by atoms with Crippen molar-refractivity contribution in [3.05, 3.63) is 24.0 Å². The normalized spacial score (nSPS) is 11.8. The van der Waals surface area contributed by atoms with Gasteiger partial charge in [0.05, 0.1) is 6.61 Å². The van der Waals surface area contributed by atoms with Crippen LogP contribution in [-0.2, 0) is 0 Å². The number of unbranched alkanes of at least 4 members (excludes halogenated alkanes) is 1. The van der Waals surface area contributed by atoms with Gasteiger partial charge in [0.2, 0.25) is 0 Å². The smallest absolute Gasteiger partial charge is 0.182 e. The molecule has 1 rings (SSSR count). The van der Waals surface area contributed by atoms with Crippen molar-refractivity contribution >= 4 is 0 Å². The molecule has 0 radical (unpaired) electrons. The lowest BCUT2D eigenvalue weighted by Gasteiger charge is -2.15. The van der Waals surface area contributed by atoms with E-state index < -0.39 is 0 Å². The van der Waals surface area contributed by atoms with Crippen LogP contribution in [0.5, 0.6) is 5.75 Å². The highest BCUT2D eigenvalue weighted by Crippen LogP contribution is 2.18. The van der Waals surface area contributed by atoms with Gasteiger partial charge in [-0.2, -0.15) is 5.26 Å². The average Bonchev–Trinajstić information content (AvgIpc) is 2.39. The zero-order valence-corrected chi connectivity index (χ0v) is 10.6. The molecule has 0 aliphatic rings. The van der Waals surface area contributed by atoms with Gasteiger partial charge in [0, 0.05) is 6.20 Å². The Hall–Kier alpha value is -1.56. The van der Waals surface area contributed by atoms with E-state index in [0.717, 1.165) is 6.42 Å². The Morgan fingerprint density at radius 2 is 2.29 bits per heavy atom. The van der Waals surface area contributed by atoms with Crippen molar-refractivity contribution in [1.29, 1.82) is 5.26 Å². The summed E-state index contributed by atoms with van der Waals surface area (Å²) in [5, 5.41) is 8.89. The van der Waals surface area contributed by atoms with E-state index in [1.807, 2.05) is 6.07 Å². The number of hydrogen-bond acceptors (Lipinski definition) is 3. The van der Waals surface area contributed by atoms with Crippen LogP contribution in [0.2, 0.25) is 0 Å². The fraction of sp³-hybridized carbons (Fsp3) is 0.571. The molecule has 0 amide bonds. The van der Waals surface area contributed by atoms with E-state index in [9.17, 15) is 0 Å². The van der Waals surface area contributed by atoms with Crippen LogP contribution in [0.15, 0.2) is 18.3 Å². The Morgan fingerprint density at radius 1 is 1.47 bits per heavy atom. The second-order valence-corrected chi connectivity index (χ2v) is 4.19. The number of pyridine rings is 1. The molecule has 92 valence electrons. The molecular weight excluding hydrogens is 212 g/mol. The molecule has 1 aromatic heterocycles. The molecule has 17 heavy (non-hydrogen) atoms. The van der Waals surface area contributed by atoms with E-state index in [1.165, 1.54) is 19.3 Å². The maximum atomic E-state index is 8.89. The van der Waals surface area contributed by atoms with Crippen molar-refractivity contribution in [3.8, 4) is 11.8 Å². The van der Waals surface area contributed by atoms with Gasteiger partial charge >= 0.3 is 0 Å². The van der Waals surface area contributed by atoms with Gasteiger partial charge in [-0.1, -0.05) is 33.1 Å². The number of ether oxygens (including phenoxy) is 1. The molecule has 0 N–H and O–H groups in total. The van der Waals surface area contributed by atoms with E-state index >= 15 is 0 Å². The van der Waals surface area contributed by atoms with Crippen LogP contribution in [0.25, 0.3) is 0 Å². The fourth-order valence-corrected chi connectivity index (χ4v) is 1.70. The monoisotopic (exact) mass is 232 g/mol. The lowest BCUT2D eigenvalue weighted by Crippen LogP contribution is -2.12. The van der Waals surface area contributed by atoms with Gasteiger partial charge in [-0.05, 0) is 24.5 Å². The molecule has 0 bridgehead atoms. The van der Waals surface area contributed by atoms with Crippen LogP contribution >= 0.6 is 0 Å². The van der Waals surface area contributed by atoms with Crippen molar-refractivity contribution in [2.24, 2.45) is 5.92 Å². The van der Waals surface area contributed by atoms with Gasteiger partial charge in [0.1, 0.15) is 6.07 Å². The van der Waals surface area contributed by atoms with Crippen LogP contribution < -0.4 is 4.74 Å². The minimum Gasteiger partial charge on any atom is -0.490 e. The van der Waals surface area contributed by atoms with Gasteiger partial charge in [-0.25, -0.2) is 4.98 Å². The quantitative estimate of drug-likeness (QED) is 0.722. The molecule has 3 heteroatoms. The third-order valence-electron chi connectivity index (χ3n) is 2.89. The fourth-order valence-electron chi connectivity index (χ4n) is 1.70. The first-order chi connectivity index (χ1) is 8.31. The molecule has 1 aromatic rings. The van der Waals surface area contributed by atoms with Crippen LogP contribution in [0.3, 0.4) is 0 Å². The molecule has 1 heterocycles. The standard InChI is InChI=1S/C14H20N2O/c1-3-5-7-12(4-2)11-17-14-8-6-9-16-13(14)10-15/h6,8-9,12H,3-5,7,11H2,1-2H3. The van der Waals surface area contributed by atoms with Gasteiger partial charge < -0.3 is 4.74 Å². The van der Waals surface area contributed by atoms with Crippen molar-refractivity contribution in [3.63, 3.8) is 0 Å². The van der Waals surface area contributed by atoms with Crippen molar-refractivity contribution in [2.75, 3.05) is 6.61 Å². The topological polar surface area (TPSA) is 45.9 Å². The minimum absolute atomic E-state index is 0.373. The summed E-state index contributed by atoms with van der Waals surface area (Å²) in [5.74, 6) is 1.17. The number of hydrogen-bond donors (Lipinski definition) is 0. The second-order valence-electron chi connectivity index (χ2n) is 4.19. The zero-order valence-electron chi connectivity index (χ0n) is 10.6. The predicted octanol–water partition coefficient (Wildman–Crippen LogP) is 3.55. The average molecular weight is 232 g/mol. The van der Waals surface area contributed by atoms with Crippen molar-refractivity contribution in [1.82, 2.24) is 4.98 Å². The highest BCUT2D eigenvalue weighted by molar-refractivity contribution is 5.36. The van der Waals surface area contributed by atoms with Gasteiger partial charge in [-0.15, -0.1) is 0 Å². The van der Waals surface area contributed by atoms with E-state index in [4.69, 9.17) is 10.00 Å². The first-order valence-corrected chi connectivity index (χ1v) is 6.29. The molecule has 0 aliphatic heterocycles. The van der Waals surface area contributed by atoms with Gasteiger partial charge in [0.25, 0.3) is 0 Å². The third kappa shape index (κ3) is 4.44. The third-order valence-corrected chi connectivity index (χ3v) is 2.89. The van der Waals surface area contributed by atoms with E-state index in [-0.39, 0.29) is 0 Å². The molecule has 1 unspecified atom stereocenters. The maximum absolute atomic E-state index is 8.89. The molecule has 0 saturated heterocycles. The molecule has 3 nitrogen and oxygen atoms in total. The van der Waals surface area contributed by atoms with Gasteiger partial charge in [0.15, 0.2) is 11.4 Å². The summed E-state index contributed by atoms with van der Waals surface area (Å²) in [6.45, 7) is 5.05. The lowest BCUT2D eigenvalue weighted by molar-refractivity contribution is 0.232. The van der Waals surface area contributed by atoms with Crippen LogP contribution in [0.4, 0.5) is 0 Å². The molecule has 0 fully saturated rings. The van der Waals surface area contributed by atoms with Crippen LogP contribution in [0, 0.1) is 17.2 Å². The lowest BCUT2D eigenvalue weighted by atomic mass is 10.0. The Kier molecular flexibility index (Phi) is 6.09. The van der Waals surface area contributed by atoms with E-state index in [0.29, 0.717) is 24.0 Å². The summed E-state index contributed by atoms with van der Waals surface area (Å²) in [5.41, 5.74) is 0.373. The highest BCUT2D eigenvalue weighted by atomic mass is 16.5. The Balaban J connectivity index is 2.51. The minimum atomic E-state index is 0.373. The number of aromatic nitrogens is 1. The Bertz CT molecular complexity index is 371.